The predicted octanol–water partition coefficient (Wildman–Crippen LogP) is 7.24. The van der Waals surface area contributed by atoms with Gasteiger partial charge in [-0.15, -0.1) is 0 Å². The molecule has 0 bridgehead atoms. The molecule has 0 aromatic heterocycles. The van der Waals surface area contributed by atoms with E-state index in [2.05, 4.69) is 98.2 Å². The highest BCUT2D eigenvalue weighted by atomic mass is 15.3. The van der Waals surface area contributed by atoms with E-state index in [1.54, 1.807) is 0 Å². The highest BCUT2D eigenvalue weighted by molar-refractivity contribution is 5.21. The molecule has 1 aliphatic heterocycles. The highest BCUT2D eigenvalue weighted by Gasteiger charge is 2.40. The van der Waals surface area contributed by atoms with Crippen LogP contribution in [0, 0.1) is 0 Å². The third-order valence-corrected chi connectivity index (χ3v) is 7.12. The Bertz CT molecular complexity index is 714. The second-order valence-electron chi connectivity index (χ2n) is 9.07. The van der Waals surface area contributed by atoms with E-state index in [1.807, 2.05) is 0 Å². The van der Waals surface area contributed by atoms with Crippen LogP contribution in [0.3, 0.4) is 0 Å². The molecule has 1 heterocycles. The molecule has 4 atom stereocenters. The Labute approximate surface area is 185 Å². The van der Waals surface area contributed by atoms with Crippen LogP contribution in [0.15, 0.2) is 60.7 Å². The van der Waals surface area contributed by atoms with E-state index in [0.717, 1.165) is 0 Å². The SMILES string of the molecule is CCCCC[C@@H]1[C@H](N(CCC)[C@@H](C)c2ccccc2)CCN1[C@@H](C)c1ccccc1. The van der Waals surface area contributed by atoms with Crippen molar-refractivity contribution in [1.29, 1.82) is 0 Å². The molecule has 0 aliphatic carbocycles. The van der Waals surface area contributed by atoms with Gasteiger partial charge in [0.15, 0.2) is 0 Å². The van der Waals surface area contributed by atoms with Crippen LogP contribution in [-0.2, 0) is 0 Å². The average Bonchev–Trinajstić information content (AvgIpc) is 3.21. The predicted molar refractivity (Wildman–Crippen MR) is 130 cm³/mol. The lowest BCUT2D eigenvalue weighted by Crippen LogP contribution is -2.47. The molecule has 2 heteroatoms. The molecule has 0 saturated carbocycles. The maximum Gasteiger partial charge on any atom is 0.0323 e. The van der Waals surface area contributed by atoms with E-state index < -0.39 is 0 Å². The molecular weight excluding hydrogens is 364 g/mol. The third kappa shape index (κ3) is 5.53. The molecule has 1 saturated heterocycles. The topological polar surface area (TPSA) is 6.48 Å². The summed E-state index contributed by atoms with van der Waals surface area (Å²) in [4.78, 5) is 5.64. The van der Waals surface area contributed by atoms with Gasteiger partial charge in [-0.3, -0.25) is 9.80 Å². The number of unbranched alkanes of at least 4 members (excludes halogenated alkanes) is 2. The van der Waals surface area contributed by atoms with Crippen molar-refractivity contribution >= 4 is 0 Å². The molecule has 0 spiro atoms. The zero-order chi connectivity index (χ0) is 21.3. The summed E-state index contributed by atoms with van der Waals surface area (Å²) in [5.74, 6) is 0. The van der Waals surface area contributed by atoms with Crippen LogP contribution in [-0.4, -0.2) is 35.0 Å². The fourth-order valence-electron chi connectivity index (χ4n) is 5.44. The first kappa shape index (κ1) is 23.0. The van der Waals surface area contributed by atoms with Gasteiger partial charge < -0.3 is 0 Å². The number of benzene rings is 2. The van der Waals surface area contributed by atoms with E-state index in [-0.39, 0.29) is 0 Å². The Morgan fingerprint density at radius 2 is 1.50 bits per heavy atom. The molecule has 164 valence electrons. The van der Waals surface area contributed by atoms with Crippen molar-refractivity contribution in [3.05, 3.63) is 71.8 Å². The normalized spacial score (nSPS) is 21.8. The Hall–Kier alpha value is -1.64. The molecule has 3 rings (SSSR count). The van der Waals surface area contributed by atoms with Gasteiger partial charge in [0, 0.05) is 30.7 Å². The molecule has 2 aromatic rings. The van der Waals surface area contributed by atoms with E-state index >= 15 is 0 Å². The summed E-state index contributed by atoms with van der Waals surface area (Å²) in [6.45, 7) is 11.9. The second-order valence-corrected chi connectivity index (χ2v) is 9.07. The van der Waals surface area contributed by atoms with Crippen LogP contribution >= 0.6 is 0 Å². The summed E-state index contributed by atoms with van der Waals surface area (Å²) in [7, 11) is 0. The summed E-state index contributed by atoms with van der Waals surface area (Å²) in [5.41, 5.74) is 2.91. The number of hydrogen-bond acceptors (Lipinski definition) is 2. The average molecular weight is 407 g/mol. The standard InChI is InChI=1S/C28H42N2/c1-5-7-10-19-27-28(20-22-30(27)24(4)26-17-13-9-14-18-26)29(21-6-2)23(3)25-15-11-8-12-16-25/h8-9,11-18,23-24,27-28H,5-7,10,19-22H2,1-4H3/t23-,24-,27+,28+/m0/s1. The summed E-state index contributed by atoms with van der Waals surface area (Å²) in [6.07, 6.45) is 7.80. The Morgan fingerprint density at radius 3 is 2.10 bits per heavy atom. The molecule has 30 heavy (non-hydrogen) atoms. The van der Waals surface area contributed by atoms with Crippen LogP contribution in [0.4, 0.5) is 0 Å². The molecule has 1 fully saturated rings. The van der Waals surface area contributed by atoms with Crippen molar-refractivity contribution in [3.63, 3.8) is 0 Å². The van der Waals surface area contributed by atoms with Crippen LogP contribution in [0.5, 0.6) is 0 Å². The first-order chi connectivity index (χ1) is 14.7. The van der Waals surface area contributed by atoms with Gasteiger partial charge in [0.05, 0.1) is 0 Å². The Morgan fingerprint density at radius 1 is 0.867 bits per heavy atom. The van der Waals surface area contributed by atoms with Crippen molar-refractivity contribution in [3.8, 4) is 0 Å². The minimum absolute atomic E-state index is 0.469. The number of likely N-dealkylation sites (tertiary alicyclic amines) is 1. The first-order valence-corrected chi connectivity index (χ1v) is 12.3. The van der Waals surface area contributed by atoms with Crippen LogP contribution in [0.1, 0.15) is 89.4 Å². The van der Waals surface area contributed by atoms with Crippen LogP contribution in [0.2, 0.25) is 0 Å². The molecule has 0 radical (unpaired) electrons. The molecule has 0 N–H and O–H groups in total. The number of nitrogens with zero attached hydrogens (tertiary/aromatic N) is 2. The van der Waals surface area contributed by atoms with Crippen LogP contribution in [0.25, 0.3) is 0 Å². The van der Waals surface area contributed by atoms with Crippen molar-refractivity contribution in [2.24, 2.45) is 0 Å². The molecule has 0 amide bonds. The minimum Gasteiger partial charge on any atom is -0.292 e. The number of rotatable bonds is 11. The zero-order valence-electron chi connectivity index (χ0n) is 19.6. The second kappa shape index (κ2) is 11.7. The van der Waals surface area contributed by atoms with E-state index in [4.69, 9.17) is 0 Å². The lowest BCUT2D eigenvalue weighted by atomic mass is 9.95. The highest BCUT2D eigenvalue weighted by Crippen LogP contribution is 2.37. The third-order valence-electron chi connectivity index (χ3n) is 7.12. The van der Waals surface area contributed by atoms with Crippen molar-refractivity contribution in [2.45, 2.75) is 90.4 Å². The molecule has 0 unspecified atom stereocenters. The molecule has 1 aliphatic rings. The maximum atomic E-state index is 2.82. The van der Waals surface area contributed by atoms with E-state index in [9.17, 15) is 0 Å². The van der Waals surface area contributed by atoms with Gasteiger partial charge in [-0.1, -0.05) is 93.8 Å². The lowest BCUT2D eigenvalue weighted by Gasteiger charge is -2.41. The van der Waals surface area contributed by atoms with Gasteiger partial charge >= 0.3 is 0 Å². The minimum atomic E-state index is 0.469. The van der Waals surface area contributed by atoms with Crippen LogP contribution < -0.4 is 0 Å². The summed E-state index contributed by atoms with van der Waals surface area (Å²) in [6, 6.07) is 24.5. The maximum absolute atomic E-state index is 2.82. The van der Waals surface area contributed by atoms with Crippen molar-refractivity contribution in [1.82, 2.24) is 9.80 Å². The van der Waals surface area contributed by atoms with Gasteiger partial charge in [0.1, 0.15) is 0 Å². The Balaban J connectivity index is 1.84. The summed E-state index contributed by atoms with van der Waals surface area (Å²) >= 11 is 0. The van der Waals surface area contributed by atoms with Gasteiger partial charge in [0.2, 0.25) is 0 Å². The fourth-order valence-corrected chi connectivity index (χ4v) is 5.44. The summed E-state index contributed by atoms with van der Waals surface area (Å²) in [5, 5.41) is 0. The zero-order valence-corrected chi connectivity index (χ0v) is 19.6. The van der Waals surface area contributed by atoms with Gasteiger partial charge in [-0.25, -0.2) is 0 Å². The molecular formula is C28H42N2. The van der Waals surface area contributed by atoms with Crippen molar-refractivity contribution in [2.75, 3.05) is 13.1 Å². The first-order valence-electron chi connectivity index (χ1n) is 12.3. The van der Waals surface area contributed by atoms with Gasteiger partial charge in [-0.05, 0) is 50.8 Å². The van der Waals surface area contributed by atoms with Gasteiger partial charge in [0.25, 0.3) is 0 Å². The molecule has 2 nitrogen and oxygen atoms in total. The number of hydrogen-bond donors (Lipinski definition) is 0. The van der Waals surface area contributed by atoms with E-state index in [0.29, 0.717) is 24.2 Å². The van der Waals surface area contributed by atoms with Crippen molar-refractivity contribution < 1.29 is 0 Å². The Kier molecular flexibility index (Phi) is 8.96. The smallest absolute Gasteiger partial charge is 0.0323 e. The largest absolute Gasteiger partial charge is 0.292 e. The summed E-state index contributed by atoms with van der Waals surface area (Å²) < 4.78 is 0. The lowest BCUT2D eigenvalue weighted by molar-refractivity contribution is 0.0840. The molecule has 2 aromatic carbocycles. The van der Waals surface area contributed by atoms with E-state index in [1.165, 1.54) is 62.7 Å². The quantitative estimate of drug-likeness (QED) is 0.363. The van der Waals surface area contributed by atoms with Gasteiger partial charge in [-0.2, -0.15) is 0 Å². The fraction of sp³-hybridized carbons (Fsp3) is 0.571. The monoisotopic (exact) mass is 406 g/mol.